The van der Waals surface area contributed by atoms with E-state index in [0.29, 0.717) is 0 Å². The molecule has 0 aliphatic carbocycles. The summed E-state index contributed by atoms with van der Waals surface area (Å²) in [5, 5.41) is 8.53. The van der Waals surface area contributed by atoms with Crippen LogP contribution in [0.2, 0.25) is 0 Å². The molecule has 4 heteroatoms. The van der Waals surface area contributed by atoms with E-state index < -0.39 is 5.97 Å². The molecule has 1 aliphatic heterocycles. The molecule has 1 aromatic carbocycles. The molecule has 1 heterocycles. The summed E-state index contributed by atoms with van der Waals surface area (Å²) in [5.41, 5.74) is 0.855. The summed E-state index contributed by atoms with van der Waals surface area (Å²) in [7, 11) is 2.09. The van der Waals surface area contributed by atoms with Crippen molar-refractivity contribution in [3.63, 3.8) is 0 Å². The highest BCUT2D eigenvalue weighted by Gasteiger charge is 2.20. The van der Waals surface area contributed by atoms with Crippen LogP contribution in [0.5, 0.6) is 5.75 Å². The lowest BCUT2D eigenvalue weighted by Gasteiger charge is -2.13. The van der Waals surface area contributed by atoms with Crippen molar-refractivity contribution in [3.8, 4) is 5.75 Å². The highest BCUT2D eigenvalue weighted by atomic mass is 16.5. The number of benzene rings is 1. The van der Waals surface area contributed by atoms with Gasteiger partial charge in [0.2, 0.25) is 0 Å². The van der Waals surface area contributed by atoms with Gasteiger partial charge in [-0.2, -0.15) is 0 Å². The SMILES string of the molecule is CN1CC[C@H](Oc2ccc(/C=C/C(=O)O)cc2)C1. The van der Waals surface area contributed by atoms with E-state index in [1.54, 1.807) is 6.08 Å². The van der Waals surface area contributed by atoms with Crippen molar-refractivity contribution < 1.29 is 14.6 Å². The van der Waals surface area contributed by atoms with Gasteiger partial charge < -0.3 is 14.7 Å². The van der Waals surface area contributed by atoms with Crippen LogP contribution < -0.4 is 4.74 Å². The van der Waals surface area contributed by atoms with Crippen molar-refractivity contribution in [1.82, 2.24) is 4.90 Å². The molecule has 0 bridgehead atoms. The molecule has 4 nitrogen and oxygen atoms in total. The minimum absolute atomic E-state index is 0.260. The summed E-state index contributed by atoms with van der Waals surface area (Å²) in [6.45, 7) is 2.03. The number of hydrogen-bond donors (Lipinski definition) is 1. The Morgan fingerprint density at radius 2 is 2.17 bits per heavy atom. The summed E-state index contributed by atoms with van der Waals surface area (Å²) < 4.78 is 5.84. The number of rotatable bonds is 4. The zero-order valence-electron chi connectivity index (χ0n) is 10.4. The number of carboxylic acid groups (broad SMARTS) is 1. The topological polar surface area (TPSA) is 49.8 Å². The Morgan fingerprint density at radius 1 is 1.44 bits per heavy atom. The molecule has 0 saturated carbocycles. The average molecular weight is 247 g/mol. The normalized spacial score (nSPS) is 20.4. The van der Waals surface area contributed by atoms with Crippen LogP contribution in [0.3, 0.4) is 0 Å². The van der Waals surface area contributed by atoms with Crippen LogP contribution >= 0.6 is 0 Å². The van der Waals surface area contributed by atoms with Crippen LogP contribution in [0.1, 0.15) is 12.0 Å². The number of likely N-dealkylation sites (tertiary alicyclic amines) is 1. The molecule has 1 N–H and O–H groups in total. The van der Waals surface area contributed by atoms with Gasteiger partial charge in [0.05, 0.1) is 0 Å². The fraction of sp³-hybridized carbons (Fsp3) is 0.357. The predicted molar refractivity (Wildman–Crippen MR) is 69.6 cm³/mol. The van der Waals surface area contributed by atoms with E-state index in [2.05, 4.69) is 11.9 Å². The van der Waals surface area contributed by atoms with Crippen LogP contribution in [0.15, 0.2) is 30.3 Å². The molecule has 2 rings (SSSR count). The summed E-state index contributed by atoms with van der Waals surface area (Å²) in [5.74, 6) is -0.105. The fourth-order valence-corrected chi connectivity index (χ4v) is 2.01. The van der Waals surface area contributed by atoms with E-state index in [1.807, 2.05) is 24.3 Å². The molecule has 0 aromatic heterocycles. The first-order valence-electron chi connectivity index (χ1n) is 6.00. The van der Waals surface area contributed by atoms with Crippen molar-refractivity contribution in [2.24, 2.45) is 0 Å². The Morgan fingerprint density at radius 3 is 2.72 bits per heavy atom. The molecule has 0 unspecified atom stereocenters. The van der Waals surface area contributed by atoms with Gasteiger partial charge in [-0.3, -0.25) is 0 Å². The lowest BCUT2D eigenvalue weighted by molar-refractivity contribution is -0.131. The van der Waals surface area contributed by atoms with E-state index in [0.717, 1.165) is 36.9 Å². The Labute approximate surface area is 106 Å². The summed E-state index contributed by atoms with van der Waals surface area (Å²) in [6, 6.07) is 7.46. The van der Waals surface area contributed by atoms with Gasteiger partial charge in [0, 0.05) is 19.2 Å². The van der Waals surface area contributed by atoms with Gasteiger partial charge >= 0.3 is 5.97 Å². The Bertz CT molecular complexity index is 439. The summed E-state index contributed by atoms with van der Waals surface area (Å²) in [4.78, 5) is 12.6. The zero-order valence-corrected chi connectivity index (χ0v) is 10.4. The van der Waals surface area contributed by atoms with Crippen LogP contribution in [-0.2, 0) is 4.79 Å². The van der Waals surface area contributed by atoms with E-state index in [-0.39, 0.29) is 6.10 Å². The Hall–Kier alpha value is -1.81. The van der Waals surface area contributed by atoms with Gasteiger partial charge in [0.25, 0.3) is 0 Å². The number of aliphatic carboxylic acids is 1. The molecular weight excluding hydrogens is 230 g/mol. The van der Waals surface area contributed by atoms with Crippen molar-refractivity contribution in [1.29, 1.82) is 0 Å². The number of hydrogen-bond acceptors (Lipinski definition) is 3. The number of carboxylic acids is 1. The number of nitrogens with zero attached hydrogens (tertiary/aromatic N) is 1. The first kappa shape index (κ1) is 12.6. The van der Waals surface area contributed by atoms with Crippen molar-refractivity contribution in [2.75, 3.05) is 20.1 Å². The van der Waals surface area contributed by atoms with E-state index >= 15 is 0 Å². The first-order chi connectivity index (χ1) is 8.63. The number of carbonyl (C=O) groups is 1. The van der Waals surface area contributed by atoms with E-state index in [4.69, 9.17) is 9.84 Å². The number of likely N-dealkylation sites (N-methyl/N-ethyl adjacent to an activating group) is 1. The second kappa shape index (κ2) is 5.69. The van der Waals surface area contributed by atoms with Crippen LogP contribution in [0.25, 0.3) is 6.08 Å². The molecular formula is C14H17NO3. The maximum atomic E-state index is 10.4. The third-order valence-electron chi connectivity index (χ3n) is 2.95. The van der Waals surface area contributed by atoms with Crippen molar-refractivity contribution >= 4 is 12.0 Å². The average Bonchev–Trinajstić information content (AvgIpc) is 2.74. The van der Waals surface area contributed by atoms with Gasteiger partial charge in [-0.25, -0.2) is 4.79 Å². The molecule has 18 heavy (non-hydrogen) atoms. The molecule has 1 atom stereocenters. The maximum absolute atomic E-state index is 10.4. The van der Waals surface area contributed by atoms with Crippen LogP contribution in [0, 0.1) is 0 Å². The predicted octanol–water partition coefficient (Wildman–Crippen LogP) is 1.87. The van der Waals surface area contributed by atoms with Gasteiger partial charge in [-0.1, -0.05) is 12.1 Å². The van der Waals surface area contributed by atoms with E-state index in [1.165, 1.54) is 0 Å². The van der Waals surface area contributed by atoms with Crippen molar-refractivity contribution in [3.05, 3.63) is 35.9 Å². The van der Waals surface area contributed by atoms with Crippen LogP contribution in [0.4, 0.5) is 0 Å². The molecule has 0 spiro atoms. The maximum Gasteiger partial charge on any atom is 0.328 e. The summed E-state index contributed by atoms with van der Waals surface area (Å²) >= 11 is 0. The second-order valence-electron chi connectivity index (χ2n) is 4.53. The lowest BCUT2D eigenvalue weighted by Crippen LogP contribution is -2.21. The monoisotopic (exact) mass is 247 g/mol. The third-order valence-corrected chi connectivity index (χ3v) is 2.95. The minimum Gasteiger partial charge on any atom is -0.489 e. The zero-order chi connectivity index (χ0) is 13.0. The molecule has 1 aliphatic rings. The number of ether oxygens (including phenoxy) is 1. The smallest absolute Gasteiger partial charge is 0.328 e. The largest absolute Gasteiger partial charge is 0.489 e. The summed E-state index contributed by atoms with van der Waals surface area (Å²) in [6.07, 6.45) is 4.00. The molecule has 1 aromatic rings. The molecule has 96 valence electrons. The molecule has 1 saturated heterocycles. The highest BCUT2D eigenvalue weighted by Crippen LogP contribution is 2.18. The highest BCUT2D eigenvalue weighted by molar-refractivity contribution is 5.85. The molecule has 0 radical (unpaired) electrons. The second-order valence-corrected chi connectivity index (χ2v) is 4.53. The van der Waals surface area contributed by atoms with Gasteiger partial charge in [0.1, 0.15) is 11.9 Å². The van der Waals surface area contributed by atoms with Crippen molar-refractivity contribution in [2.45, 2.75) is 12.5 Å². The Kier molecular flexibility index (Phi) is 3.99. The fourth-order valence-electron chi connectivity index (χ4n) is 2.01. The van der Waals surface area contributed by atoms with Crippen LogP contribution in [-0.4, -0.2) is 42.2 Å². The molecule has 0 amide bonds. The lowest BCUT2D eigenvalue weighted by atomic mass is 10.2. The Balaban J connectivity index is 1.93. The van der Waals surface area contributed by atoms with Gasteiger partial charge in [-0.05, 0) is 37.2 Å². The molecule has 1 fully saturated rings. The standard InChI is InChI=1S/C14H17NO3/c1-15-9-8-13(10-15)18-12-5-2-11(3-6-12)4-7-14(16)17/h2-7,13H,8-10H2,1H3,(H,16,17)/b7-4+/t13-/m0/s1. The van der Waals surface area contributed by atoms with Gasteiger partial charge in [-0.15, -0.1) is 0 Å². The van der Waals surface area contributed by atoms with Gasteiger partial charge in [0.15, 0.2) is 0 Å². The first-order valence-corrected chi connectivity index (χ1v) is 6.00. The van der Waals surface area contributed by atoms with E-state index in [9.17, 15) is 4.79 Å². The minimum atomic E-state index is -0.940. The third kappa shape index (κ3) is 3.60. The quantitative estimate of drug-likeness (QED) is 0.825.